The van der Waals surface area contributed by atoms with Crippen LogP contribution in [0.5, 0.6) is 0 Å². The molecule has 2 heterocycles. The smallest absolute Gasteiger partial charge is 0.0946 e. The zero-order valence-electron chi connectivity index (χ0n) is 12.1. The van der Waals surface area contributed by atoms with Crippen LogP contribution >= 0.6 is 0 Å². The summed E-state index contributed by atoms with van der Waals surface area (Å²) in [6, 6.07) is 9.37. The van der Waals surface area contributed by atoms with Gasteiger partial charge in [-0.3, -0.25) is 0 Å². The Hall–Kier alpha value is -1.06. The van der Waals surface area contributed by atoms with Crippen LogP contribution in [0.4, 0.5) is 5.69 Å². The van der Waals surface area contributed by atoms with Crippen LogP contribution in [-0.4, -0.2) is 43.2 Å². The second-order valence-electron chi connectivity index (χ2n) is 6.40. The van der Waals surface area contributed by atoms with Gasteiger partial charge in [-0.2, -0.15) is 0 Å². The number of fused-ring (bicyclic) bond motifs is 2. The molecule has 3 heteroatoms. The molecule has 2 unspecified atom stereocenters. The van der Waals surface area contributed by atoms with Crippen LogP contribution in [0.25, 0.3) is 0 Å². The van der Waals surface area contributed by atoms with Crippen molar-refractivity contribution in [2.24, 2.45) is 0 Å². The first kappa shape index (κ1) is 12.9. The maximum atomic E-state index is 11.2. The third-order valence-corrected chi connectivity index (χ3v) is 5.02. The van der Waals surface area contributed by atoms with Gasteiger partial charge in [0.15, 0.2) is 0 Å². The normalized spacial score (nSPS) is 34.5. The molecule has 0 radical (unpaired) electrons. The molecule has 19 heavy (non-hydrogen) atoms. The van der Waals surface area contributed by atoms with E-state index in [2.05, 4.69) is 29.0 Å². The SMILES string of the molecule is CN(C)c1ccccc1C1(O)CC2CCC(C1)N2C. The van der Waals surface area contributed by atoms with Crippen LogP contribution in [0.3, 0.4) is 0 Å². The number of hydrogen-bond acceptors (Lipinski definition) is 3. The Balaban J connectivity index is 1.98. The van der Waals surface area contributed by atoms with Crippen LogP contribution in [0, 0.1) is 0 Å². The van der Waals surface area contributed by atoms with E-state index in [-0.39, 0.29) is 0 Å². The molecule has 1 aromatic carbocycles. The van der Waals surface area contributed by atoms with Gasteiger partial charge in [-0.1, -0.05) is 18.2 Å². The lowest BCUT2D eigenvalue weighted by atomic mass is 9.80. The average molecular weight is 260 g/mol. The summed E-state index contributed by atoms with van der Waals surface area (Å²) in [6.07, 6.45) is 4.19. The highest BCUT2D eigenvalue weighted by Crippen LogP contribution is 2.46. The van der Waals surface area contributed by atoms with Gasteiger partial charge in [-0.05, 0) is 38.8 Å². The van der Waals surface area contributed by atoms with Gasteiger partial charge in [0, 0.05) is 37.4 Å². The topological polar surface area (TPSA) is 26.7 Å². The number of anilines is 1. The molecule has 3 nitrogen and oxygen atoms in total. The maximum Gasteiger partial charge on any atom is 0.0946 e. The summed E-state index contributed by atoms with van der Waals surface area (Å²) >= 11 is 0. The Kier molecular flexibility index (Phi) is 3.06. The Morgan fingerprint density at radius 2 is 1.74 bits per heavy atom. The van der Waals surface area contributed by atoms with Crippen molar-refractivity contribution in [2.45, 2.75) is 43.4 Å². The Morgan fingerprint density at radius 1 is 1.16 bits per heavy atom. The first-order chi connectivity index (χ1) is 9.01. The van der Waals surface area contributed by atoms with Gasteiger partial charge in [-0.15, -0.1) is 0 Å². The van der Waals surface area contributed by atoms with E-state index in [0.29, 0.717) is 12.1 Å². The number of aliphatic hydroxyl groups is 1. The standard InChI is InChI=1S/C16H24N2O/c1-17(2)15-7-5-4-6-14(15)16(19)10-12-8-9-13(11-16)18(12)3/h4-7,12-13,19H,8-11H2,1-3H3. The van der Waals surface area contributed by atoms with Crippen molar-refractivity contribution < 1.29 is 5.11 Å². The van der Waals surface area contributed by atoms with E-state index < -0.39 is 5.60 Å². The molecule has 0 aliphatic carbocycles. The number of para-hydroxylation sites is 1. The number of piperidine rings is 1. The van der Waals surface area contributed by atoms with Crippen molar-refractivity contribution in [1.29, 1.82) is 0 Å². The maximum absolute atomic E-state index is 11.2. The summed E-state index contributed by atoms with van der Waals surface area (Å²) in [5.41, 5.74) is 1.60. The molecule has 0 spiro atoms. The summed E-state index contributed by atoms with van der Waals surface area (Å²) in [4.78, 5) is 4.57. The largest absolute Gasteiger partial charge is 0.385 e. The molecule has 104 valence electrons. The molecule has 1 N–H and O–H groups in total. The fourth-order valence-electron chi connectivity index (χ4n) is 3.92. The molecule has 2 aliphatic heterocycles. The van der Waals surface area contributed by atoms with E-state index in [1.807, 2.05) is 26.2 Å². The Morgan fingerprint density at radius 3 is 2.32 bits per heavy atom. The quantitative estimate of drug-likeness (QED) is 0.883. The van der Waals surface area contributed by atoms with Crippen LogP contribution in [0.2, 0.25) is 0 Å². The molecular weight excluding hydrogens is 236 g/mol. The van der Waals surface area contributed by atoms with Crippen molar-refractivity contribution in [3.8, 4) is 0 Å². The summed E-state index contributed by atoms with van der Waals surface area (Å²) in [5, 5.41) is 11.2. The molecule has 0 amide bonds. The van der Waals surface area contributed by atoms with Crippen LogP contribution in [0.15, 0.2) is 24.3 Å². The number of hydrogen-bond donors (Lipinski definition) is 1. The second kappa shape index (κ2) is 4.50. The zero-order chi connectivity index (χ0) is 13.6. The van der Waals surface area contributed by atoms with Gasteiger partial charge in [0.05, 0.1) is 5.60 Å². The Labute approximate surface area is 115 Å². The fraction of sp³-hybridized carbons (Fsp3) is 0.625. The molecule has 2 aliphatic rings. The average Bonchev–Trinajstić information content (AvgIpc) is 2.63. The molecular formula is C16H24N2O. The van der Waals surface area contributed by atoms with E-state index in [1.54, 1.807) is 0 Å². The highest BCUT2D eigenvalue weighted by Gasteiger charge is 2.47. The van der Waals surface area contributed by atoms with Gasteiger partial charge in [0.1, 0.15) is 0 Å². The minimum Gasteiger partial charge on any atom is -0.385 e. The van der Waals surface area contributed by atoms with Gasteiger partial charge >= 0.3 is 0 Å². The van der Waals surface area contributed by atoms with Crippen LogP contribution in [0.1, 0.15) is 31.2 Å². The van der Waals surface area contributed by atoms with Crippen LogP contribution in [-0.2, 0) is 5.60 Å². The molecule has 2 bridgehead atoms. The summed E-state index contributed by atoms with van der Waals surface area (Å²) in [5.74, 6) is 0. The van der Waals surface area contributed by atoms with Crippen molar-refractivity contribution in [2.75, 3.05) is 26.0 Å². The molecule has 3 rings (SSSR count). The fourth-order valence-corrected chi connectivity index (χ4v) is 3.92. The molecule has 2 fully saturated rings. The summed E-state index contributed by atoms with van der Waals surface area (Å²) in [6.45, 7) is 0. The zero-order valence-corrected chi connectivity index (χ0v) is 12.1. The third kappa shape index (κ3) is 2.05. The van der Waals surface area contributed by atoms with Crippen molar-refractivity contribution in [3.05, 3.63) is 29.8 Å². The lowest BCUT2D eigenvalue weighted by Gasteiger charge is -2.43. The third-order valence-electron chi connectivity index (χ3n) is 5.02. The monoisotopic (exact) mass is 260 g/mol. The first-order valence-corrected chi connectivity index (χ1v) is 7.22. The van der Waals surface area contributed by atoms with Gasteiger partial charge < -0.3 is 14.9 Å². The van der Waals surface area contributed by atoms with Gasteiger partial charge in [0.2, 0.25) is 0 Å². The highest BCUT2D eigenvalue weighted by atomic mass is 16.3. The van der Waals surface area contributed by atoms with E-state index in [9.17, 15) is 5.11 Å². The Bertz CT molecular complexity index is 458. The first-order valence-electron chi connectivity index (χ1n) is 7.22. The summed E-state index contributed by atoms with van der Waals surface area (Å²) < 4.78 is 0. The highest BCUT2D eigenvalue weighted by molar-refractivity contribution is 5.55. The number of benzene rings is 1. The van der Waals surface area contributed by atoms with Gasteiger partial charge in [0.25, 0.3) is 0 Å². The molecule has 0 saturated carbocycles. The van der Waals surface area contributed by atoms with Crippen molar-refractivity contribution in [3.63, 3.8) is 0 Å². The molecule has 2 saturated heterocycles. The molecule has 2 atom stereocenters. The molecule has 1 aromatic rings. The predicted octanol–water partition coefficient (Wildman–Crippen LogP) is 2.20. The van der Waals surface area contributed by atoms with E-state index in [1.165, 1.54) is 12.8 Å². The van der Waals surface area contributed by atoms with E-state index in [4.69, 9.17) is 0 Å². The second-order valence-corrected chi connectivity index (χ2v) is 6.40. The lowest BCUT2D eigenvalue weighted by molar-refractivity contribution is -0.0489. The minimum absolute atomic E-state index is 0.541. The molecule has 0 aromatic heterocycles. The predicted molar refractivity (Wildman–Crippen MR) is 78.5 cm³/mol. The summed E-state index contributed by atoms with van der Waals surface area (Å²) in [7, 11) is 6.30. The lowest BCUT2D eigenvalue weighted by Crippen LogP contribution is -2.48. The van der Waals surface area contributed by atoms with Crippen molar-refractivity contribution in [1.82, 2.24) is 4.90 Å². The number of nitrogens with zero attached hydrogens (tertiary/aromatic N) is 2. The minimum atomic E-state index is -0.654. The van der Waals surface area contributed by atoms with E-state index in [0.717, 1.165) is 24.1 Å². The van der Waals surface area contributed by atoms with Crippen molar-refractivity contribution >= 4 is 5.69 Å². The van der Waals surface area contributed by atoms with E-state index >= 15 is 0 Å². The van der Waals surface area contributed by atoms with Crippen LogP contribution < -0.4 is 4.90 Å². The number of rotatable bonds is 2. The van der Waals surface area contributed by atoms with Gasteiger partial charge in [-0.25, -0.2) is 0 Å².